The van der Waals surface area contributed by atoms with Crippen molar-refractivity contribution >= 4 is 23.2 Å². The predicted octanol–water partition coefficient (Wildman–Crippen LogP) is 5.07. The van der Waals surface area contributed by atoms with Crippen molar-refractivity contribution in [3.63, 3.8) is 0 Å². The highest BCUT2D eigenvalue weighted by molar-refractivity contribution is 6.32. The van der Waals surface area contributed by atoms with Crippen molar-refractivity contribution < 1.29 is 19.0 Å². The molecule has 27 heavy (non-hydrogen) atoms. The molecule has 0 bridgehead atoms. The van der Waals surface area contributed by atoms with Crippen molar-refractivity contribution in [3.05, 3.63) is 23.2 Å². The zero-order valence-electron chi connectivity index (χ0n) is 16.8. The SMILES string of the molecule is CCCO[C@]1(C(=O)Nc2ccc(O[C@H](C)COC)c(Cl)c2)CCC[C@@H](C)C1. The van der Waals surface area contributed by atoms with Crippen LogP contribution in [0.4, 0.5) is 5.69 Å². The van der Waals surface area contributed by atoms with Gasteiger partial charge >= 0.3 is 0 Å². The molecule has 1 fully saturated rings. The fourth-order valence-electron chi connectivity index (χ4n) is 3.61. The zero-order chi connectivity index (χ0) is 19.9. The number of methoxy groups -OCH3 is 1. The minimum atomic E-state index is -0.748. The summed E-state index contributed by atoms with van der Waals surface area (Å²) in [5, 5.41) is 3.45. The van der Waals surface area contributed by atoms with E-state index in [4.69, 9.17) is 25.8 Å². The minimum Gasteiger partial charge on any atom is -0.487 e. The van der Waals surface area contributed by atoms with Crippen molar-refractivity contribution in [1.29, 1.82) is 0 Å². The first kappa shape index (κ1) is 22.0. The number of anilines is 1. The average Bonchev–Trinajstić information content (AvgIpc) is 2.62. The average molecular weight is 398 g/mol. The molecular formula is C21H32ClNO4. The fourth-order valence-corrected chi connectivity index (χ4v) is 3.83. The smallest absolute Gasteiger partial charge is 0.256 e. The van der Waals surface area contributed by atoms with Crippen LogP contribution >= 0.6 is 11.6 Å². The summed E-state index contributed by atoms with van der Waals surface area (Å²) in [4.78, 5) is 13.1. The quantitative estimate of drug-likeness (QED) is 0.632. The van der Waals surface area contributed by atoms with Crippen LogP contribution < -0.4 is 10.1 Å². The Bertz CT molecular complexity index is 624. The third-order valence-electron chi connectivity index (χ3n) is 4.87. The van der Waals surface area contributed by atoms with Crippen molar-refractivity contribution in [3.8, 4) is 5.75 Å². The number of nitrogens with one attached hydrogen (secondary N) is 1. The maximum atomic E-state index is 13.1. The van der Waals surface area contributed by atoms with Crippen molar-refractivity contribution in [2.75, 3.05) is 25.6 Å². The highest BCUT2D eigenvalue weighted by Gasteiger charge is 2.42. The van der Waals surface area contributed by atoms with E-state index in [0.29, 0.717) is 35.6 Å². The number of benzene rings is 1. The van der Waals surface area contributed by atoms with E-state index in [-0.39, 0.29) is 12.0 Å². The van der Waals surface area contributed by atoms with Gasteiger partial charge in [0.15, 0.2) is 0 Å². The second kappa shape index (κ2) is 10.3. The van der Waals surface area contributed by atoms with E-state index in [1.165, 1.54) is 0 Å². The van der Waals surface area contributed by atoms with E-state index in [0.717, 1.165) is 32.1 Å². The molecule has 0 heterocycles. The number of carbonyl (C=O) groups excluding carboxylic acids is 1. The number of amides is 1. The van der Waals surface area contributed by atoms with Crippen molar-refractivity contribution in [1.82, 2.24) is 0 Å². The number of carbonyl (C=O) groups is 1. The van der Waals surface area contributed by atoms with E-state index in [1.54, 1.807) is 25.3 Å². The molecule has 0 unspecified atom stereocenters. The van der Waals surface area contributed by atoms with Crippen LogP contribution in [0, 0.1) is 5.92 Å². The summed E-state index contributed by atoms with van der Waals surface area (Å²) in [5.74, 6) is 0.963. The monoisotopic (exact) mass is 397 g/mol. The second-order valence-corrected chi connectivity index (χ2v) is 7.93. The number of hydrogen-bond donors (Lipinski definition) is 1. The molecule has 1 amide bonds. The van der Waals surface area contributed by atoms with Crippen LogP contribution in [-0.2, 0) is 14.3 Å². The molecule has 5 nitrogen and oxygen atoms in total. The minimum absolute atomic E-state index is 0.0833. The van der Waals surface area contributed by atoms with Crippen molar-refractivity contribution in [2.24, 2.45) is 5.92 Å². The third kappa shape index (κ3) is 6.09. The summed E-state index contributed by atoms with van der Waals surface area (Å²) in [6.45, 7) is 7.21. The van der Waals surface area contributed by atoms with Crippen molar-refractivity contribution in [2.45, 2.75) is 64.6 Å². The third-order valence-corrected chi connectivity index (χ3v) is 5.17. The van der Waals surface area contributed by atoms with Gasteiger partial charge in [0, 0.05) is 19.4 Å². The number of halogens is 1. The van der Waals surface area contributed by atoms with Crippen LogP contribution in [0.25, 0.3) is 0 Å². The molecule has 0 spiro atoms. The Morgan fingerprint density at radius 1 is 1.44 bits per heavy atom. The lowest BCUT2D eigenvalue weighted by Gasteiger charge is -2.38. The molecule has 2 rings (SSSR count). The summed E-state index contributed by atoms with van der Waals surface area (Å²) in [6, 6.07) is 5.29. The Balaban J connectivity index is 2.09. The van der Waals surface area contributed by atoms with Gasteiger partial charge in [-0.15, -0.1) is 0 Å². The Morgan fingerprint density at radius 2 is 2.22 bits per heavy atom. The summed E-state index contributed by atoms with van der Waals surface area (Å²) in [5.41, 5.74) is -0.100. The van der Waals surface area contributed by atoms with E-state index in [9.17, 15) is 4.79 Å². The Labute approximate surface area is 167 Å². The standard InChI is InChI=1S/C21H32ClNO4/c1-5-11-26-21(10-6-7-15(2)13-21)20(24)23-17-8-9-19(18(22)12-17)27-16(3)14-25-4/h8-9,12,15-16H,5-7,10-11,13-14H2,1-4H3,(H,23,24)/t15-,16-,21-/m1/s1. The molecule has 1 aromatic rings. The van der Waals surface area contributed by atoms with Crippen LogP contribution in [0.3, 0.4) is 0 Å². The number of rotatable bonds is 9. The first-order chi connectivity index (χ1) is 12.9. The van der Waals surface area contributed by atoms with Crippen LogP contribution in [0.5, 0.6) is 5.75 Å². The van der Waals surface area contributed by atoms with Gasteiger partial charge in [-0.05, 0) is 56.7 Å². The molecule has 1 aliphatic carbocycles. The number of ether oxygens (including phenoxy) is 3. The Kier molecular flexibility index (Phi) is 8.39. The van der Waals surface area contributed by atoms with E-state index in [1.807, 2.05) is 6.92 Å². The molecule has 6 heteroatoms. The second-order valence-electron chi connectivity index (χ2n) is 7.53. The van der Waals surface area contributed by atoms with Crippen LogP contribution in [-0.4, -0.2) is 37.9 Å². The Hall–Kier alpha value is -1.30. The van der Waals surface area contributed by atoms with Gasteiger partial charge in [0.05, 0.1) is 11.6 Å². The van der Waals surface area contributed by atoms with Gasteiger partial charge in [0.2, 0.25) is 0 Å². The Morgan fingerprint density at radius 3 is 2.85 bits per heavy atom. The van der Waals surface area contributed by atoms with Gasteiger partial charge in [-0.25, -0.2) is 0 Å². The van der Waals surface area contributed by atoms with Crippen LogP contribution in [0.1, 0.15) is 52.9 Å². The number of hydrogen-bond acceptors (Lipinski definition) is 4. The molecule has 3 atom stereocenters. The molecule has 0 aliphatic heterocycles. The highest BCUT2D eigenvalue weighted by atomic mass is 35.5. The van der Waals surface area contributed by atoms with Crippen LogP contribution in [0.2, 0.25) is 5.02 Å². The molecule has 0 aromatic heterocycles. The van der Waals surface area contributed by atoms with Crippen LogP contribution in [0.15, 0.2) is 18.2 Å². The predicted molar refractivity (Wildman–Crippen MR) is 109 cm³/mol. The molecule has 152 valence electrons. The molecule has 1 saturated carbocycles. The normalized spacial score (nSPS) is 23.7. The van der Waals surface area contributed by atoms with E-state index >= 15 is 0 Å². The van der Waals surface area contributed by atoms with Gasteiger partial charge < -0.3 is 19.5 Å². The van der Waals surface area contributed by atoms with E-state index < -0.39 is 5.60 Å². The molecule has 1 aromatic carbocycles. The lowest BCUT2D eigenvalue weighted by molar-refractivity contribution is -0.148. The van der Waals surface area contributed by atoms with E-state index in [2.05, 4.69) is 19.2 Å². The van der Waals surface area contributed by atoms with Gasteiger partial charge in [0.25, 0.3) is 5.91 Å². The topological polar surface area (TPSA) is 56.8 Å². The zero-order valence-corrected chi connectivity index (χ0v) is 17.6. The molecule has 0 saturated heterocycles. The van der Waals surface area contributed by atoms with Gasteiger partial charge in [0.1, 0.15) is 17.5 Å². The summed E-state index contributed by atoms with van der Waals surface area (Å²) < 4.78 is 16.9. The molecule has 1 N–H and O–H groups in total. The first-order valence-corrected chi connectivity index (χ1v) is 10.2. The summed E-state index contributed by atoms with van der Waals surface area (Å²) >= 11 is 6.34. The maximum Gasteiger partial charge on any atom is 0.256 e. The lowest BCUT2D eigenvalue weighted by Crippen LogP contribution is -2.48. The molecule has 0 radical (unpaired) electrons. The lowest BCUT2D eigenvalue weighted by atomic mass is 9.78. The summed E-state index contributed by atoms with van der Waals surface area (Å²) in [7, 11) is 1.63. The largest absolute Gasteiger partial charge is 0.487 e. The van der Waals surface area contributed by atoms with Gasteiger partial charge in [-0.3, -0.25) is 4.79 Å². The highest BCUT2D eigenvalue weighted by Crippen LogP contribution is 2.37. The first-order valence-electron chi connectivity index (χ1n) is 9.80. The van der Waals surface area contributed by atoms with Gasteiger partial charge in [-0.1, -0.05) is 31.9 Å². The summed E-state index contributed by atoms with van der Waals surface area (Å²) in [6.07, 6.45) is 4.43. The molecular weight excluding hydrogens is 366 g/mol. The maximum absolute atomic E-state index is 13.1. The molecule has 1 aliphatic rings. The van der Waals surface area contributed by atoms with Gasteiger partial charge in [-0.2, -0.15) is 0 Å². The fraction of sp³-hybridized carbons (Fsp3) is 0.667.